The lowest BCUT2D eigenvalue weighted by molar-refractivity contribution is 0.0687. The smallest absolute Gasteiger partial charge is 0.353 e. The second kappa shape index (κ2) is 8.76. The van der Waals surface area contributed by atoms with Gasteiger partial charge in [0.1, 0.15) is 5.69 Å². The normalized spacial score (nSPS) is 12.2. The van der Waals surface area contributed by atoms with Crippen LogP contribution in [0.4, 0.5) is 0 Å². The molecule has 188 valence electrons. The predicted octanol–water partition coefficient (Wildman–Crippen LogP) is 1.89. The quantitative estimate of drug-likeness (QED) is 0.325. The number of nitrogens with one attached hydrogen (secondary N) is 2. The number of aromatic carboxylic acids is 1. The fraction of sp³-hybridized carbons (Fsp3) is 0.136. The van der Waals surface area contributed by atoms with E-state index in [4.69, 9.17) is 11.6 Å². The summed E-state index contributed by atoms with van der Waals surface area (Å²) in [6.07, 6.45) is 2.93. The third kappa shape index (κ3) is 4.72. The van der Waals surface area contributed by atoms with Crippen molar-refractivity contribution in [3.8, 4) is 11.1 Å². The maximum absolute atomic E-state index is 12.6. The molecule has 0 aliphatic rings. The lowest BCUT2D eigenvalue weighted by Gasteiger charge is -2.12. The molecule has 14 heteroatoms. The van der Waals surface area contributed by atoms with Crippen LogP contribution in [0, 0.1) is 0 Å². The van der Waals surface area contributed by atoms with Gasteiger partial charge in [0.2, 0.25) is 0 Å². The Balaban J connectivity index is 2.08. The number of benzene rings is 2. The van der Waals surface area contributed by atoms with Gasteiger partial charge in [0, 0.05) is 46.7 Å². The molecule has 0 saturated heterocycles. The lowest BCUT2D eigenvalue weighted by Crippen LogP contribution is -2.23. The standard InChI is InChI=1S/C22H18ClN3O8S2/c1-35(31,32)13-5-11(6-14(8-13)36(2,33)34)10-26-17-4-3-12(23)7-15(17)18(19(26)21(28)29)16-9-24-22(30)25-20(16)27/h3-9H,10H2,1-2H3,(H,28,29)(H2,24,25,27,30). The number of carboxylic acids is 1. The Bertz CT molecular complexity index is 1850. The Morgan fingerprint density at radius 1 is 1.00 bits per heavy atom. The van der Waals surface area contributed by atoms with Gasteiger partial charge in [-0.1, -0.05) is 11.6 Å². The molecule has 0 saturated carbocycles. The molecule has 0 aliphatic heterocycles. The minimum Gasteiger partial charge on any atom is -0.477 e. The number of sulfone groups is 2. The predicted molar refractivity (Wildman–Crippen MR) is 132 cm³/mol. The molecule has 2 aromatic carbocycles. The molecule has 36 heavy (non-hydrogen) atoms. The molecule has 0 radical (unpaired) electrons. The first-order chi connectivity index (χ1) is 16.7. The van der Waals surface area contributed by atoms with E-state index in [9.17, 15) is 36.3 Å². The number of fused-ring (bicyclic) bond motifs is 1. The van der Waals surface area contributed by atoms with Crippen LogP contribution >= 0.6 is 11.6 Å². The van der Waals surface area contributed by atoms with E-state index in [1.807, 2.05) is 0 Å². The first-order valence-electron chi connectivity index (χ1n) is 10.1. The fourth-order valence-corrected chi connectivity index (χ4v) is 5.57. The second-order valence-corrected chi connectivity index (χ2v) is 12.6. The van der Waals surface area contributed by atoms with Crippen molar-refractivity contribution in [1.29, 1.82) is 0 Å². The molecular weight excluding hydrogens is 534 g/mol. The number of H-pyrrole nitrogens is 2. The fourth-order valence-electron chi connectivity index (χ4n) is 3.91. The summed E-state index contributed by atoms with van der Waals surface area (Å²) in [5, 5.41) is 10.7. The molecule has 4 aromatic rings. The molecule has 0 spiro atoms. The molecule has 3 N–H and O–H groups in total. The zero-order valence-electron chi connectivity index (χ0n) is 18.7. The second-order valence-electron chi connectivity index (χ2n) is 8.12. The van der Waals surface area contributed by atoms with Crippen LogP contribution in [-0.2, 0) is 26.2 Å². The van der Waals surface area contributed by atoms with Crippen molar-refractivity contribution >= 4 is 48.1 Å². The summed E-state index contributed by atoms with van der Waals surface area (Å²) in [4.78, 5) is 40.4. The zero-order chi connectivity index (χ0) is 26.6. The number of rotatable bonds is 6. The van der Waals surface area contributed by atoms with E-state index in [0.717, 1.165) is 24.8 Å². The van der Waals surface area contributed by atoms with Crippen LogP contribution < -0.4 is 11.2 Å². The highest BCUT2D eigenvalue weighted by molar-refractivity contribution is 7.91. The number of hydrogen-bond donors (Lipinski definition) is 3. The van der Waals surface area contributed by atoms with Gasteiger partial charge in [-0.25, -0.2) is 26.4 Å². The molecule has 0 atom stereocenters. The summed E-state index contributed by atoms with van der Waals surface area (Å²) in [6, 6.07) is 8.01. The van der Waals surface area contributed by atoms with Gasteiger partial charge in [-0.3, -0.25) is 9.78 Å². The molecule has 2 heterocycles. The van der Waals surface area contributed by atoms with Gasteiger partial charge in [-0.2, -0.15) is 0 Å². The van der Waals surface area contributed by atoms with Crippen molar-refractivity contribution in [3.05, 3.63) is 79.7 Å². The largest absolute Gasteiger partial charge is 0.477 e. The number of hydrogen-bond acceptors (Lipinski definition) is 7. The molecule has 2 aromatic heterocycles. The van der Waals surface area contributed by atoms with Crippen molar-refractivity contribution < 1.29 is 26.7 Å². The maximum atomic E-state index is 12.6. The van der Waals surface area contributed by atoms with Crippen molar-refractivity contribution in [3.63, 3.8) is 0 Å². The van der Waals surface area contributed by atoms with Crippen LogP contribution in [0.25, 0.3) is 22.0 Å². The van der Waals surface area contributed by atoms with Crippen LogP contribution in [0.5, 0.6) is 0 Å². The van der Waals surface area contributed by atoms with Crippen molar-refractivity contribution in [2.75, 3.05) is 12.5 Å². The van der Waals surface area contributed by atoms with E-state index in [1.165, 1.54) is 34.9 Å². The van der Waals surface area contributed by atoms with Gasteiger partial charge >= 0.3 is 11.7 Å². The molecule has 4 rings (SSSR count). The van der Waals surface area contributed by atoms with E-state index >= 15 is 0 Å². The number of aromatic nitrogens is 3. The first-order valence-corrected chi connectivity index (χ1v) is 14.2. The van der Waals surface area contributed by atoms with E-state index < -0.39 is 36.9 Å². The lowest BCUT2D eigenvalue weighted by atomic mass is 10.0. The number of aromatic amines is 2. The van der Waals surface area contributed by atoms with Crippen molar-refractivity contribution in [2.24, 2.45) is 0 Å². The van der Waals surface area contributed by atoms with Crippen LogP contribution in [0.1, 0.15) is 16.1 Å². The molecule has 11 nitrogen and oxygen atoms in total. The summed E-state index contributed by atoms with van der Waals surface area (Å²) in [5.74, 6) is -1.43. The highest BCUT2D eigenvalue weighted by Crippen LogP contribution is 2.36. The first kappa shape index (κ1) is 25.4. The molecule has 0 bridgehead atoms. The third-order valence-electron chi connectivity index (χ3n) is 5.45. The number of halogens is 1. The molecule has 0 aliphatic carbocycles. The average Bonchev–Trinajstić information content (AvgIpc) is 3.05. The Kier molecular flexibility index (Phi) is 6.19. The number of carbonyl (C=O) groups is 1. The number of nitrogens with zero attached hydrogens (tertiary/aromatic N) is 1. The molecular formula is C22H18ClN3O8S2. The summed E-state index contributed by atoms with van der Waals surface area (Å²) in [7, 11) is -7.62. The van der Waals surface area contributed by atoms with Gasteiger partial charge in [0.15, 0.2) is 19.7 Å². The van der Waals surface area contributed by atoms with Gasteiger partial charge < -0.3 is 14.7 Å². The van der Waals surface area contributed by atoms with E-state index in [0.29, 0.717) is 5.52 Å². The SMILES string of the molecule is CS(=O)(=O)c1cc(Cn2c(C(=O)O)c(-c3c[nH]c(=O)[nH]c3=O)c3cc(Cl)ccc32)cc(S(C)(=O)=O)c1. The summed E-state index contributed by atoms with van der Waals surface area (Å²) in [6.45, 7) is -0.257. The van der Waals surface area contributed by atoms with E-state index in [-0.39, 0.29) is 49.1 Å². The Morgan fingerprint density at radius 3 is 2.14 bits per heavy atom. The average molecular weight is 552 g/mol. The Hall–Kier alpha value is -3.68. The van der Waals surface area contributed by atoms with Gasteiger partial charge in [0.25, 0.3) is 5.56 Å². The monoisotopic (exact) mass is 551 g/mol. The van der Waals surface area contributed by atoms with Crippen LogP contribution in [-0.4, -0.2) is 55.0 Å². The highest BCUT2D eigenvalue weighted by atomic mass is 35.5. The van der Waals surface area contributed by atoms with E-state index in [2.05, 4.69) is 9.97 Å². The summed E-state index contributed by atoms with van der Waals surface area (Å²) < 4.78 is 50.2. The van der Waals surface area contributed by atoms with Crippen LogP contribution in [0.2, 0.25) is 5.02 Å². The maximum Gasteiger partial charge on any atom is 0.353 e. The van der Waals surface area contributed by atoms with Gasteiger partial charge in [-0.15, -0.1) is 0 Å². The van der Waals surface area contributed by atoms with E-state index in [1.54, 1.807) is 0 Å². The van der Waals surface area contributed by atoms with Gasteiger partial charge in [0.05, 0.1) is 15.4 Å². The molecule has 0 fully saturated rings. The minimum absolute atomic E-state index is 0.0277. The van der Waals surface area contributed by atoms with Crippen LogP contribution in [0.15, 0.2) is 62.0 Å². The highest BCUT2D eigenvalue weighted by Gasteiger charge is 2.26. The Morgan fingerprint density at radius 2 is 1.61 bits per heavy atom. The number of carboxylic acid groups (broad SMARTS) is 1. The van der Waals surface area contributed by atoms with Gasteiger partial charge in [-0.05, 0) is 42.0 Å². The van der Waals surface area contributed by atoms with Crippen molar-refractivity contribution in [1.82, 2.24) is 14.5 Å². The topological polar surface area (TPSA) is 176 Å². The van der Waals surface area contributed by atoms with Crippen LogP contribution in [0.3, 0.4) is 0 Å². The minimum atomic E-state index is -3.81. The third-order valence-corrected chi connectivity index (χ3v) is 7.87. The summed E-state index contributed by atoms with van der Waals surface area (Å²) >= 11 is 6.15. The molecule has 0 unspecified atom stereocenters. The molecule has 0 amide bonds. The zero-order valence-corrected chi connectivity index (χ0v) is 21.1. The summed E-state index contributed by atoms with van der Waals surface area (Å²) in [5.41, 5.74) is -1.62. The Labute approximate surface area is 208 Å². The van der Waals surface area contributed by atoms with Crippen molar-refractivity contribution in [2.45, 2.75) is 16.3 Å².